The Morgan fingerprint density at radius 2 is 1.92 bits per heavy atom. The van der Waals surface area contributed by atoms with Gasteiger partial charge in [-0.2, -0.15) is 5.10 Å². The van der Waals surface area contributed by atoms with E-state index in [-0.39, 0.29) is 0 Å². The van der Waals surface area contributed by atoms with Gasteiger partial charge in [0, 0.05) is 29.2 Å². The third-order valence-electron chi connectivity index (χ3n) is 6.78. The lowest BCUT2D eigenvalue weighted by Crippen LogP contribution is -2.29. The van der Waals surface area contributed by atoms with E-state index in [0.717, 1.165) is 37.1 Å². The minimum atomic E-state index is -0.411. The Morgan fingerprint density at radius 1 is 1.10 bits per heavy atom. The van der Waals surface area contributed by atoms with Crippen LogP contribution in [-0.4, -0.2) is 46.0 Å². The van der Waals surface area contributed by atoms with Gasteiger partial charge >= 0.3 is 6.03 Å². The standard InChI is InChI=1S/C28H28N8O3/c1-38-21-7-5-19(6-8-21)33-28(37)34-23-3-2-4-24-25(23)35-27(39-24)22-13-17(14-31-26(22)29)18-15-32-36(16-18)20-9-11-30-12-10-20/h2-8,13-16,20,30H,9-12H2,1H3,(H2,29,31)(H2,33,34,37). The summed E-state index contributed by atoms with van der Waals surface area (Å²) < 4.78 is 13.2. The van der Waals surface area contributed by atoms with Crippen molar-refractivity contribution in [2.75, 3.05) is 36.6 Å². The van der Waals surface area contributed by atoms with Crippen molar-refractivity contribution in [2.24, 2.45) is 0 Å². The number of ether oxygens (including phenoxy) is 1. The van der Waals surface area contributed by atoms with Crippen molar-refractivity contribution in [1.29, 1.82) is 0 Å². The first-order valence-corrected chi connectivity index (χ1v) is 12.7. The van der Waals surface area contributed by atoms with E-state index in [1.54, 1.807) is 55.8 Å². The normalized spacial score (nSPS) is 13.9. The second-order valence-electron chi connectivity index (χ2n) is 9.33. The van der Waals surface area contributed by atoms with Crippen LogP contribution in [0.3, 0.4) is 0 Å². The Balaban J connectivity index is 1.25. The predicted octanol–water partition coefficient (Wildman–Crippen LogP) is 4.91. The van der Waals surface area contributed by atoms with Gasteiger partial charge in [0.15, 0.2) is 5.58 Å². The minimum absolute atomic E-state index is 0.294. The summed E-state index contributed by atoms with van der Waals surface area (Å²) in [6, 6.07) is 14.3. The number of nitrogens with two attached hydrogens (primary N) is 1. The Bertz CT molecular complexity index is 1620. The molecule has 1 saturated heterocycles. The number of aromatic nitrogens is 4. The second kappa shape index (κ2) is 10.5. The van der Waals surface area contributed by atoms with Gasteiger partial charge in [-0.3, -0.25) is 4.68 Å². The van der Waals surface area contributed by atoms with Gasteiger partial charge in [0.1, 0.15) is 17.1 Å². The number of fused-ring (bicyclic) bond motifs is 1. The molecule has 1 aliphatic heterocycles. The third kappa shape index (κ3) is 5.12. The number of nitrogens with zero attached hydrogens (tertiary/aromatic N) is 4. The number of nitrogen functional groups attached to an aromatic ring is 1. The van der Waals surface area contributed by atoms with Crippen LogP contribution in [0.15, 0.2) is 71.5 Å². The highest BCUT2D eigenvalue weighted by Gasteiger charge is 2.19. The lowest BCUT2D eigenvalue weighted by molar-refractivity contribution is 0.262. The lowest BCUT2D eigenvalue weighted by atomic mass is 10.1. The molecule has 0 aliphatic carbocycles. The van der Waals surface area contributed by atoms with Crippen molar-refractivity contribution < 1.29 is 13.9 Å². The number of pyridine rings is 1. The largest absolute Gasteiger partial charge is 0.497 e. The quantitative estimate of drug-likeness (QED) is 0.245. The number of carbonyl (C=O) groups is 1. The molecular formula is C28H28N8O3. The second-order valence-corrected chi connectivity index (χ2v) is 9.33. The number of piperidine rings is 1. The Labute approximate surface area is 224 Å². The molecule has 11 heteroatoms. The molecule has 3 aromatic heterocycles. The molecule has 198 valence electrons. The van der Waals surface area contributed by atoms with Crippen LogP contribution in [0.5, 0.6) is 5.75 Å². The first kappa shape index (κ1) is 24.4. The summed E-state index contributed by atoms with van der Waals surface area (Å²) in [5, 5.41) is 13.6. The Hall–Kier alpha value is -4.90. The van der Waals surface area contributed by atoms with Crippen LogP contribution in [0.4, 0.5) is 22.0 Å². The number of amides is 2. The topological polar surface area (TPSA) is 145 Å². The molecule has 0 bridgehead atoms. The van der Waals surface area contributed by atoms with Crippen molar-refractivity contribution >= 4 is 34.3 Å². The molecule has 2 aromatic carbocycles. The molecular weight excluding hydrogens is 496 g/mol. The summed E-state index contributed by atoms with van der Waals surface area (Å²) in [5.74, 6) is 1.31. The molecule has 0 radical (unpaired) electrons. The van der Waals surface area contributed by atoms with Crippen LogP contribution in [0, 0.1) is 0 Å². The van der Waals surface area contributed by atoms with Crippen LogP contribution in [-0.2, 0) is 0 Å². The van der Waals surface area contributed by atoms with Crippen molar-refractivity contribution in [3.63, 3.8) is 0 Å². The number of urea groups is 1. The van der Waals surface area contributed by atoms with E-state index in [4.69, 9.17) is 14.9 Å². The van der Waals surface area contributed by atoms with Crippen LogP contribution < -0.4 is 26.4 Å². The number of methoxy groups -OCH3 is 1. The van der Waals surface area contributed by atoms with Gasteiger partial charge in [0.2, 0.25) is 5.89 Å². The molecule has 1 fully saturated rings. The lowest BCUT2D eigenvalue weighted by Gasteiger charge is -2.22. The molecule has 0 spiro atoms. The number of rotatable bonds is 6. The van der Waals surface area contributed by atoms with Gasteiger partial charge in [-0.1, -0.05) is 6.07 Å². The van der Waals surface area contributed by atoms with E-state index >= 15 is 0 Å². The van der Waals surface area contributed by atoms with Gasteiger partial charge < -0.3 is 30.8 Å². The van der Waals surface area contributed by atoms with E-state index in [1.165, 1.54) is 0 Å². The van der Waals surface area contributed by atoms with Crippen molar-refractivity contribution in [1.82, 2.24) is 25.1 Å². The van der Waals surface area contributed by atoms with Gasteiger partial charge in [0.05, 0.1) is 30.6 Å². The van der Waals surface area contributed by atoms with Crippen LogP contribution in [0.25, 0.3) is 33.7 Å². The van der Waals surface area contributed by atoms with E-state index in [2.05, 4.69) is 31.0 Å². The molecule has 1 aliphatic rings. The van der Waals surface area contributed by atoms with E-state index in [1.807, 2.05) is 23.1 Å². The highest BCUT2D eigenvalue weighted by atomic mass is 16.5. The molecule has 0 saturated carbocycles. The molecule has 5 aromatic rings. The number of hydrogen-bond donors (Lipinski definition) is 4. The highest BCUT2D eigenvalue weighted by Crippen LogP contribution is 2.34. The highest BCUT2D eigenvalue weighted by molar-refractivity contribution is 6.04. The zero-order valence-corrected chi connectivity index (χ0v) is 21.3. The van der Waals surface area contributed by atoms with Gasteiger partial charge in [-0.25, -0.2) is 14.8 Å². The van der Waals surface area contributed by atoms with Crippen LogP contribution in [0.1, 0.15) is 18.9 Å². The summed E-state index contributed by atoms with van der Waals surface area (Å²) in [7, 11) is 1.59. The summed E-state index contributed by atoms with van der Waals surface area (Å²) in [6.07, 6.45) is 7.70. The number of nitrogens with one attached hydrogen (secondary N) is 3. The maximum atomic E-state index is 12.7. The van der Waals surface area contributed by atoms with Gasteiger partial charge in [-0.15, -0.1) is 0 Å². The number of benzene rings is 2. The fraction of sp³-hybridized carbons (Fsp3) is 0.214. The fourth-order valence-corrected chi connectivity index (χ4v) is 4.69. The zero-order chi connectivity index (χ0) is 26.8. The number of oxazole rings is 1. The number of carbonyl (C=O) groups excluding carboxylic acids is 1. The Morgan fingerprint density at radius 3 is 2.72 bits per heavy atom. The average Bonchev–Trinajstić information content (AvgIpc) is 3.63. The summed E-state index contributed by atoms with van der Waals surface area (Å²) in [5.41, 5.74) is 10.7. The minimum Gasteiger partial charge on any atom is -0.497 e. The average molecular weight is 525 g/mol. The molecule has 0 atom stereocenters. The van der Waals surface area contributed by atoms with Crippen LogP contribution in [0.2, 0.25) is 0 Å². The number of para-hydroxylation sites is 1. The van der Waals surface area contributed by atoms with E-state index < -0.39 is 6.03 Å². The molecule has 11 nitrogen and oxygen atoms in total. The molecule has 0 unspecified atom stereocenters. The SMILES string of the molecule is COc1ccc(NC(=O)Nc2cccc3oc(-c4cc(-c5cnn(C6CCNCC6)c5)cnc4N)nc23)cc1. The zero-order valence-electron chi connectivity index (χ0n) is 21.3. The van der Waals surface area contributed by atoms with Crippen molar-refractivity contribution in [3.8, 4) is 28.3 Å². The monoisotopic (exact) mass is 524 g/mol. The smallest absolute Gasteiger partial charge is 0.323 e. The van der Waals surface area contributed by atoms with Gasteiger partial charge in [-0.05, 0) is 68.4 Å². The first-order valence-electron chi connectivity index (χ1n) is 12.7. The fourth-order valence-electron chi connectivity index (χ4n) is 4.69. The molecule has 39 heavy (non-hydrogen) atoms. The maximum Gasteiger partial charge on any atom is 0.323 e. The van der Waals surface area contributed by atoms with E-state index in [0.29, 0.717) is 51.5 Å². The van der Waals surface area contributed by atoms with Crippen molar-refractivity contribution in [3.05, 3.63) is 67.1 Å². The van der Waals surface area contributed by atoms with Gasteiger partial charge in [0.25, 0.3) is 0 Å². The maximum absolute atomic E-state index is 12.7. The predicted molar refractivity (Wildman–Crippen MR) is 150 cm³/mol. The molecule has 5 N–H and O–H groups in total. The number of hydrogen-bond acceptors (Lipinski definition) is 8. The molecule has 2 amide bonds. The van der Waals surface area contributed by atoms with Crippen molar-refractivity contribution in [2.45, 2.75) is 18.9 Å². The first-order chi connectivity index (χ1) is 19.1. The summed E-state index contributed by atoms with van der Waals surface area (Å²) in [4.78, 5) is 21.7. The van der Waals surface area contributed by atoms with E-state index in [9.17, 15) is 4.79 Å². The molecule has 4 heterocycles. The van der Waals surface area contributed by atoms with Crippen LogP contribution >= 0.6 is 0 Å². The Kier molecular flexibility index (Phi) is 6.55. The summed E-state index contributed by atoms with van der Waals surface area (Å²) in [6.45, 7) is 1.98. The summed E-state index contributed by atoms with van der Waals surface area (Å²) >= 11 is 0. The molecule has 6 rings (SSSR count). The third-order valence-corrected chi connectivity index (χ3v) is 6.78. The number of anilines is 3.